The standard InChI is InChI=1S/C10H15N/c1-4-5-9-8(2)6-7-10(9)11-3/h4-5,8H,3,6-7H2,1-2H3/b5-4-. The van der Waals surface area contributed by atoms with Gasteiger partial charge >= 0.3 is 0 Å². The summed E-state index contributed by atoms with van der Waals surface area (Å²) in [6, 6.07) is 0. The van der Waals surface area contributed by atoms with Gasteiger partial charge in [0.05, 0.1) is 0 Å². The normalized spacial score (nSPS) is 25.1. The minimum atomic E-state index is 0.673. The number of allylic oxidation sites excluding steroid dienone is 4. The Kier molecular flexibility index (Phi) is 2.64. The summed E-state index contributed by atoms with van der Waals surface area (Å²) in [7, 11) is 0. The predicted molar refractivity (Wildman–Crippen MR) is 49.8 cm³/mol. The van der Waals surface area contributed by atoms with E-state index in [9.17, 15) is 0 Å². The van der Waals surface area contributed by atoms with Gasteiger partial charge in [0.1, 0.15) is 0 Å². The monoisotopic (exact) mass is 149 g/mol. The highest BCUT2D eigenvalue weighted by Crippen LogP contribution is 2.32. The summed E-state index contributed by atoms with van der Waals surface area (Å²) in [6.45, 7) is 7.85. The summed E-state index contributed by atoms with van der Waals surface area (Å²) in [5.74, 6) is 0.673. The predicted octanol–water partition coefficient (Wildman–Crippen LogP) is 2.95. The topological polar surface area (TPSA) is 12.4 Å². The molecular formula is C10H15N. The van der Waals surface area contributed by atoms with Crippen molar-refractivity contribution in [3.05, 3.63) is 23.4 Å². The minimum absolute atomic E-state index is 0.673. The van der Waals surface area contributed by atoms with Gasteiger partial charge in [-0.25, -0.2) is 0 Å². The van der Waals surface area contributed by atoms with E-state index >= 15 is 0 Å². The number of aliphatic imine (C=N–C) groups is 1. The summed E-state index contributed by atoms with van der Waals surface area (Å²) < 4.78 is 0. The lowest BCUT2D eigenvalue weighted by Crippen LogP contribution is -1.88. The fourth-order valence-corrected chi connectivity index (χ4v) is 1.55. The molecule has 11 heavy (non-hydrogen) atoms. The van der Waals surface area contributed by atoms with Gasteiger partial charge in [-0.15, -0.1) is 0 Å². The molecule has 0 aromatic rings. The number of nitrogens with zero attached hydrogens (tertiary/aromatic N) is 1. The molecule has 0 saturated carbocycles. The summed E-state index contributed by atoms with van der Waals surface area (Å²) in [5, 5.41) is 0. The Hall–Kier alpha value is -0.850. The zero-order chi connectivity index (χ0) is 8.27. The van der Waals surface area contributed by atoms with Crippen molar-refractivity contribution < 1.29 is 0 Å². The Morgan fingerprint density at radius 1 is 1.64 bits per heavy atom. The van der Waals surface area contributed by atoms with Gasteiger partial charge in [0, 0.05) is 5.70 Å². The van der Waals surface area contributed by atoms with E-state index in [4.69, 9.17) is 0 Å². The Morgan fingerprint density at radius 3 is 2.91 bits per heavy atom. The Bertz CT molecular complexity index is 211. The Morgan fingerprint density at radius 2 is 2.36 bits per heavy atom. The molecule has 0 spiro atoms. The second-order valence-electron chi connectivity index (χ2n) is 3.00. The molecule has 1 atom stereocenters. The third-order valence-electron chi connectivity index (χ3n) is 2.22. The lowest BCUT2D eigenvalue weighted by atomic mass is 10.0. The number of rotatable bonds is 2. The van der Waals surface area contributed by atoms with Crippen molar-refractivity contribution in [1.82, 2.24) is 0 Å². The molecule has 1 rings (SSSR count). The van der Waals surface area contributed by atoms with Gasteiger partial charge in [-0.05, 0) is 38.0 Å². The van der Waals surface area contributed by atoms with E-state index in [0.717, 1.165) is 6.42 Å². The quantitative estimate of drug-likeness (QED) is 0.535. The molecule has 1 unspecified atom stereocenters. The average Bonchev–Trinajstić information content (AvgIpc) is 2.34. The van der Waals surface area contributed by atoms with Crippen LogP contribution in [-0.2, 0) is 0 Å². The molecule has 60 valence electrons. The van der Waals surface area contributed by atoms with Crippen LogP contribution in [0.4, 0.5) is 0 Å². The second-order valence-corrected chi connectivity index (χ2v) is 3.00. The van der Waals surface area contributed by atoms with E-state index in [1.807, 2.05) is 6.92 Å². The highest BCUT2D eigenvalue weighted by Gasteiger charge is 2.18. The maximum atomic E-state index is 4.02. The van der Waals surface area contributed by atoms with Crippen molar-refractivity contribution in [2.75, 3.05) is 0 Å². The maximum Gasteiger partial charge on any atom is 0.0431 e. The van der Waals surface area contributed by atoms with Crippen LogP contribution in [-0.4, -0.2) is 6.72 Å². The van der Waals surface area contributed by atoms with Gasteiger partial charge in [0.25, 0.3) is 0 Å². The lowest BCUT2D eigenvalue weighted by molar-refractivity contribution is 0.679. The van der Waals surface area contributed by atoms with Crippen molar-refractivity contribution in [3.8, 4) is 0 Å². The van der Waals surface area contributed by atoms with Gasteiger partial charge in [-0.1, -0.05) is 19.1 Å². The first-order valence-electron chi connectivity index (χ1n) is 4.12. The van der Waals surface area contributed by atoms with Gasteiger partial charge in [-0.2, -0.15) is 0 Å². The van der Waals surface area contributed by atoms with E-state index in [1.54, 1.807) is 0 Å². The molecule has 1 nitrogen and oxygen atoms in total. The molecule has 0 aromatic carbocycles. The SMILES string of the molecule is C=NC1=C(/C=C\C)C(C)CC1. The molecule has 1 heteroatoms. The first-order valence-corrected chi connectivity index (χ1v) is 4.12. The summed E-state index contributed by atoms with van der Waals surface area (Å²) in [5.41, 5.74) is 2.57. The van der Waals surface area contributed by atoms with Crippen molar-refractivity contribution >= 4 is 6.72 Å². The third-order valence-corrected chi connectivity index (χ3v) is 2.22. The molecule has 0 bridgehead atoms. The van der Waals surface area contributed by atoms with Crippen LogP contribution in [0, 0.1) is 5.92 Å². The first kappa shape index (κ1) is 8.25. The van der Waals surface area contributed by atoms with E-state index in [2.05, 4.69) is 30.8 Å². The van der Waals surface area contributed by atoms with Crippen LogP contribution in [0.5, 0.6) is 0 Å². The number of hydrogen-bond donors (Lipinski definition) is 0. The van der Waals surface area contributed by atoms with Crippen molar-refractivity contribution in [3.63, 3.8) is 0 Å². The van der Waals surface area contributed by atoms with Gasteiger partial charge in [0.2, 0.25) is 0 Å². The molecule has 0 N–H and O–H groups in total. The van der Waals surface area contributed by atoms with Crippen molar-refractivity contribution in [2.45, 2.75) is 26.7 Å². The lowest BCUT2D eigenvalue weighted by Gasteiger charge is -2.02. The van der Waals surface area contributed by atoms with Gasteiger partial charge < -0.3 is 0 Å². The molecule has 0 aliphatic heterocycles. The molecule has 0 heterocycles. The smallest absolute Gasteiger partial charge is 0.0431 e. The van der Waals surface area contributed by atoms with Crippen LogP contribution in [0.2, 0.25) is 0 Å². The average molecular weight is 149 g/mol. The van der Waals surface area contributed by atoms with Crippen LogP contribution in [0.15, 0.2) is 28.4 Å². The minimum Gasteiger partial charge on any atom is -0.269 e. The Labute approximate surface area is 68.5 Å². The van der Waals surface area contributed by atoms with Crippen LogP contribution in [0.25, 0.3) is 0 Å². The van der Waals surface area contributed by atoms with E-state index < -0.39 is 0 Å². The molecule has 1 aliphatic rings. The van der Waals surface area contributed by atoms with E-state index in [-0.39, 0.29) is 0 Å². The summed E-state index contributed by atoms with van der Waals surface area (Å²) in [4.78, 5) is 4.02. The number of hydrogen-bond acceptors (Lipinski definition) is 1. The van der Waals surface area contributed by atoms with Gasteiger partial charge in [-0.3, -0.25) is 4.99 Å². The van der Waals surface area contributed by atoms with Crippen molar-refractivity contribution in [1.29, 1.82) is 0 Å². The van der Waals surface area contributed by atoms with E-state index in [0.29, 0.717) is 5.92 Å². The second kappa shape index (κ2) is 3.51. The molecule has 1 aliphatic carbocycles. The largest absolute Gasteiger partial charge is 0.269 e. The first-order chi connectivity index (χ1) is 5.29. The molecule has 0 amide bonds. The van der Waals surface area contributed by atoms with Crippen LogP contribution >= 0.6 is 0 Å². The molecule has 0 aromatic heterocycles. The fraction of sp³-hybridized carbons (Fsp3) is 0.500. The zero-order valence-electron chi connectivity index (χ0n) is 7.30. The fourth-order valence-electron chi connectivity index (χ4n) is 1.55. The molecule has 0 saturated heterocycles. The van der Waals surface area contributed by atoms with Gasteiger partial charge in [0.15, 0.2) is 0 Å². The summed E-state index contributed by atoms with van der Waals surface area (Å²) in [6.07, 6.45) is 6.56. The highest BCUT2D eigenvalue weighted by molar-refractivity contribution is 5.37. The third kappa shape index (κ3) is 1.59. The van der Waals surface area contributed by atoms with Crippen LogP contribution in [0.1, 0.15) is 26.7 Å². The van der Waals surface area contributed by atoms with Crippen LogP contribution in [0.3, 0.4) is 0 Å². The highest BCUT2D eigenvalue weighted by atomic mass is 14.7. The van der Waals surface area contributed by atoms with E-state index in [1.165, 1.54) is 17.7 Å². The van der Waals surface area contributed by atoms with Crippen molar-refractivity contribution in [2.24, 2.45) is 10.9 Å². The maximum absolute atomic E-state index is 4.02. The molecule has 0 fully saturated rings. The molecular weight excluding hydrogens is 134 g/mol. The molecule has 0 radical (unpaired) electrons. The summed E-state index contributed by atoms with van der Waals surface area (Å²) >= 11 is 0. The zero-order valence-corrected chi connectivity index (χ0v) is 7.30. The Balaban J connectivity index is 2.89. The van der Waals surface area contributed by atoms with Crippen LogP contribution < -0.4 is 0 Å².